The molecule has 0 bridgehead atoms. The van der Waals surface area contributed by atoms with Gasteiger partial charge in [-0.2, -0.15) is 0 Å². The highest BCUT2D eigenvalue weighted by molar-refractivity contribution is 6.33. The summed E-state index contributed by atoms with van der Waals surface area (Å²) >= 11 is 6.01. The summed E-state index contributed by atoms with van der Waals surface area (Å²) in [6, 6.07) is 0.887. The number of fused-ring (bicyclic) bond motifs is 1. The van der Waals surface area contributed by atoms with Gasteiger partial charge in [0.15, 0.2) is 5.78 Å². The number of aromatic hydroxyl groups is 2. The molecular weight excluding hydrogens is 364 g/mol. The highest BCUT2D eigenvalue weighted by Gasteiger charge is 2.27. The summed E-state index contributed by atoms with van der Waals surface area (Å²) < 4.78 is 5.19. The Bertz CT molecular complexity index is 769. The number of aliphatic hydroxyl groups is 2. The van der Waals surface area contributed by atoms with E-state index in [0.29, 0.717) is 0 Å². The molecule has 7 nitrogen and oxygen atoms in total. The Morgan fingerprint density at radius 2 is 1.85 bits per heavy atom. The molecule has 1 aliphatic rings. The average Bonchev–Trinajstić information content (AvgIpc) is 2.54. The molecule has 8 heteroatoms. The van der Waals surface area contributed by atoms with Crippen LogP contribution < -0.4 is 0 Å². The van der Waals surface area contributed by atoms with Crippen LogP contribution in [0.3, 0.4) is 0 Å². The molecule has 26 heavy (non-hydrogen) atoms. The molecule has 0 spiro atoms. The second-order valence-corrected chi connectivity index (χ2v) is 6.36. The zero-order chi connectivity index (χ0) is 19.4. The van der Waals surface area contributed by atoms with Gasteiger partial charge in [-0.1, -0.05) is 29.8 Å². The highest BCUT2D eigenvalue weighted by Crippen LogP contribution is 2.37. The van der Waals surface area contributed by atoms with Gasteiger partial charge in [-0.05, 0) is 13.0 Å². The minimum atomic E-state index is -1.20. The molecule has 3 atom stereocenters. The Balaban J connectivity index is 2.51. The topological polar surface area (TPSA) is 124 Å². The SMILES string of the molecule is C[C@@H]1C[C@@H](O)[C@H](O)/C=C\C=C\C(=O)Cc2c(Cl)c(O)cc(O)c2C(=O)O1. The molecule has 1 aromatic carbocycles. The molecule has 0 unspecified atom stereocenters. The number of hydrogen-bond acceptors (Lipinski definition) is 7. The van der Waals surface area contributed by atoms with Gasteiger partial charge >= 0.3 is 5.97 Å². The molecule has 1 aliphatic heterocycles. The minimum absolute atomic E-state index is 0.0538. The average molecular weight is 383 g/mol. The summed E-state index contributed by atoms with van der Waals surface area (Å²) in [6.07, 6.45) is 1.64. The van der Waals surface area contributed by atoms with Gasteiger partial charge in [0.2, 0.25) is 0 Å². The number of benzene rings is 1. The van der Waals surface area contributed by atoms with Crippen LogP contribution in [-0.2, 0) is 16.0 Å². The van der Waals surface area contributed by atoms with Crippen molar-refractivity contribution < 1.29 is 34.8 Å². The first-order chi connectivity index (χ1) is 12.2. The number of carbonyl (C=O) groups excluding carboxylic acids is 2. The first-order valence-corrected chi connectivity index (χ1v) is 8.26. The van der Waals surface area contributed by atoms with Crippen LogP contribution in [0.25, 0.3) is 0 Å². The van der Waals surface area contributed by atoms with Crippen molar-refractivity contribution >= 4 is 23.4 Å². The van der Waals surface area contributed by atoms with Gasteiger partial charge < -0.3 is 25.2 Å². The lowest BCUT2D eigenvalue weighted by atomic mass is 9.99. The third-order valence-corrected chi connectivity index (χ3v) is 4.28. The number of halogens is 1. The van der Waals surface area contributed by atoms with E-state index in [1.54, 1.807) is 0 Å². The number of phenols is 2. The molecule has 0 aromatic heterocycles. The molecule has 0 aliphatic carbocycles. The van der Waals surface area contributed by atoms with E-state index in [2.05, 4.69) is 0 Å². The number of hydrogen-bond donors (Lipinski definition) is 4. The third kappa shape index (κ3) is 4.63. The van der Waals surface area contributed by atoms with E-state index in [0.717, 1.165) is 6.07 Å². The van der Waals surface area contributed by atoms with Crippen LogP contribution >= 0.6 is 11.6 Å². The van der Waals surface area contributed by atoms with E-state index in [4.69, 9.17) is 16.3 Å². The number of cyclic esters (lactones) is 1. The molecule has 1 aromatic rings. The van der Waals surface area contributed by atoms with Crippen molar-refractivity contribution in [1.82, 2.24) is 0 Å². The Morgan fingerprint density at radius 1 is 1.15 bits per heavy atom. The van der Waals surface area contributed by atoms with E-state index in [-0.39, 0.29) is 29.0 Å². The first-order valence-electron chi connectivity index (χ1n) is 7.88. The van der Waals surface area contributed by atoms with Crippen LogP contribution in [-0.4, -0.2) is 50.5 Å². The number of carbonyl (C=O) groups is 2. The second-order valence-electron chi connectivity index (χ2n) is 5.98. The molecule has 0 saturated heterocycles. The fourth-order valence-electron chi connectivity index (χ4n) is 2.55. The van der Waals surface area contributed by atoms with Crippen LogP contribution in [0.4, 0.5) is 0 Å². The third-order valence-electron chi connectivity index (χ3n) is 3.85. The Kier molecular flexibility index (Phi) is 6.42. The maximum Gasteiger partial charge on any atom is 0.342 e. The van der Waals surface area contributed by atoms with Crippen LogP contribution in [0.5, 0.6) is 11.5 Å². The Morgan fingerprint density at radius 3 is 2.54 bits per heavy atom. The van der Waals surface area contributed by atoms with Gasteiger partial charge in [0.25, 0.3) is 0 Å². The standard InChI is InChI=1S/C18H19ClO7/c1-9-6-13(22)12(21)5-3-2-4-10(20)7-11-16(18(25)26-9)14(23)8-15(24)17(11)19/h2-5,8-9,12-13,21-24H,6-7H2,1H3/b4-2+,5-3-/t9-,12-,13-/m1/s1. The van der Waals surface area contributed by atoms with Gasteiger partial charge in [-0.25, -0.2) is 4.79 Å². The van der Waals surface area contributed by atoms with E-state index in [1.807, 2.05) is 0 Å². The number of ether oxygens (including phenoxy) is 1. The fraction of sp³-hybridized carbons (Fsp3) is 0.333. The summed E-state index contributed by atoms with van der Waals surface area (Å²) in [4.78, 5) is 24.6. The maximum absolute atomic E-state index is 12.5. The van der Waals surface area contributed by atoms with Gasteiger partial charge in [-0.3, -0.25) is 4.79 Å². The first kappa shape index (κ1) is 20.0. The molecule has 1 heterocycles. The van der Waals surface area contributed by atoms with Crippen LogP contribution in [0.15, 0.2) is 30.4 Å². The quantitative estimate of drug-likeness (QED) is 0.503. The summed E-state index contributed by atoms with van der Waals surface area (Å²) in [7, 11) is 0. The Labute approximate surface area is 154 Å². The number of allylic oxidation sites excluding steroid dienone is 3. The van der Waals surface area contributed by atoms with Crippen LogP contribution in [0.1, 0.15) is 29.3 Å². The van der Waals surface area contributed by atoms with Crippen molar-refractivity contribution in [2.24, 2.45) is 0 Å². The zero-order valence-electron chi connectivity index (χ0n) is 13.9. The fourth-order valence-corrected chi connectivity index (χ4v) is 2.77. The van der Waals surface area contributed by atoms with Crippen molar-refractivity contribution in [3.63, 3.8) is 0 Å². The lowest BCUT2D eigenvalue weighted by Crippen LogP contribution is -2.30. The lowest BCUT2D eigenvalue weighted by Gasteiger charge is -2.21. The predicted molar refractivity (Wildman–Crippen MR) is 93.3 cm³/mol. The molecule has 140 valence electrons. The summed E-state index contributed by atoms with van der Waals surface area (Å²) in [6.45, 7) is 1.51. The minimum Gasteiger partial charge on any atom is -0.507 e. The molecule has 0 fully saturated rings. The molecule has 0 radical (unpaired) electrons. The summed E-state index contributed by atoms with van der Waals surface area (Å²) in [5.41, 5.74) is -0.387. The monoisotopic (exact) mass is 382 g/mol. The van der Waals surface area contributed by atoms with Gasteiger partial charge in [0.1, 0.15) is 23.2 Å². The Hall–Kier alpha value is -2.35. The molecule has 2 rings (SSSR count). The van der Waals surface area contributed by atoms with Gasteiger partial charge in [-0.15, -0.1) is 0 Å². The molecule has 4 N–H and O–H groups in total. The van der Waals surface area contributed by atoms with Crippen LogP contribution in [0, 0.1) is 0 Å². The van der Waals surface area contributed by atoms with Crippen molar-refractivity contribution in [2.75, 3.05) is 0 Å². The number of ketones is 1. The van der Waals surface area contributed by atoms with Gasteiger partial charge in [0, 0.05) is 24.5 Å². The van der Waals surface area contributed by atoms with E-state index >= 15 is 0 Å². The largest absolute Gasteiger partial charge is 0.507 e. The maximum atomic E-state index is 12.5. The van der Waals surface area contributed by atoms with Crippen molar-refractivity contribution in [3.8, 4) is 11.5 Å². The highest BCUT2D eigenvalue weighted by atomic mass is 35.5. The van der Waals surface area contributed by atoms with Crippen LogP contribution in [0.2, 0.25) is 5.02 Å². The normalized spacial score (nSPS) is 27.2. The van der Waals surface area contributed by atoms with Crippen molar-refractivity contribution in [3.05, 3.63) is 46.5 Å². The lowest BCUT2D eigenvalue weighted by molar-refractivity contribution is -0.114. The summed E-state index contributed by atoms with van der Waals surface area (Å²) in [5.74, 6) is -2.47. The van der Waals surface area contributed by atoms with E-state index < -0.39 is 41.6 Å². The van der Waals surface area contributed by atoms with Crippen molar-refractivity contribution in [2.45, 2.75) is 38.1 Å². The predicted octanol–water partition coefficient (Wildman–Crippen LogP) is 1.65. The summed E-state index contributed by atoms with van der Waals surface area (Å²) in [5, 5.41) is 39.4. The number of aliphatic hydroxyl groups excluding tert-OH is 2. The number of phenolic OH excluding ortho intramolecular Hbond substituents is 2. The molecular formula is C18H19ClO7. The zero-order valence-corrected chi connectivity index (χ0v) is 14.7. The van der Waals surface area contributed by atoms with E-state index in [9.17, 15) is 30.0 Å². The van der Waals surface area contributed by atoms with Crippen molar-refractivity contribution in [1.29, 1.82) is 0 Å². The number of esters is 1. The molecule has 0 saturated carbocycles. The number of rotatable bonds is 0. The smallest absolute Gasteiger partial charge is 0.342 e. The second kappa shape index (κ2) is 8.35. The molecule has 0 amide bonds. The van der Waals surface area contributed by atoms with Gasteiger partial charge in [0.05, 0.1) is 17.2 Å². The van der Waals surface area contributed by atoms with E-state index in [1.165, 1.54) is 31.2 Å².